The zero-order valence-corrected chi connectivity index (χ0v) is 8.43. The third-order valence-corrected chi connectivity index (χ3v) is 3.52. The summed E-state index contributed by atoms with van der Waals surface area (Å²) in [6.45, 7) is 2.91. The van der Waals surface area contributed by atoms with Gasteiger partial charge in [-0.3, -0.25) is 0 Å². The summed E-state index contributed by atoms with van der Waals surface area (Å²) in [7, 11) is 0. The molecule has 0 saturated carbocycles. The van der Waals surface area contributed by atoms with E-state index in [1.165, 1.54) is 0 Å². The van der Waals surface area contributed by atoms with E-state index in [2.05, 4.69) is 11.9 Å². The van der Waals surface area contributed by atoms with Crippen LogP contribution in [0.2, 0.25) is 0 Å². The lowest BCUT2D eigenvalue weighted by atomic mass is 10.0. The molecule has 2 heterocycles. The van der Waals surface area contributed by atoms with Crippen LogP contribution in [0.4, 0.5) is 0 Å². The van der Waals surface area contributed by atoms with E-state index in [0.29, 0.717) is 0 Å². The summed E-state index contributed by atoms with van der Waals surface area (Å²) in [6.07, 6.45) is 2.13. The first-order valence-electron chi connectivity index (χ1n) is 4.44. The van der Waals surface area contributed by atoms with Gasteiger partial charge in [-0.15, -0.1) is 11.3 Å². The Morgan fingerprint density at radius 3 is 3.15 bits per heavy atom. The van der Waals surface area contributed by atoms with Gasteiger partial charge in [-0.25, -0.2) is 4.98 Å². The van der Waals surface area contributed by atoms with Crippen molar-refractivity contribution in [3.05, 3.63) is 16.1 Å². The molecule has 1 unspecified atom stereocenters. The molecule has 72 valence electrons. The van der Waals surface area contributed by atoms with Crippen LogP contribution in [0.15, 0.2) is 5.38 Å². The first kappa shape index (κ1) is 9.12. The average molecular weight is 199 g/mol. The molecule has 0 aliphatic carbocycles. The quantitative estimate of drug-likeness (QED) is 0.787. The summed E-state index contributed by atoms with van der Waals surface area (Å²) in [5.74, 6) is 0. The van der Waals surface area contributed by atoms with Crippen molar-refractivity contribution >= 4 is 11.3 Å². The van der Waals surface area contributed by atoms with Crippen LogP contribution in [0, 0.1) is 0 Å². The van der Waals surface area contributed by atoms with Crippen molar-refractivity contribution in [2.24, 2.45) is 0 Å². The van der Waals surface area contributed by atoms with Gasteiger partial charge in [0.15, 0.2) is 0 Å². The van der Waals surface area contributed by atoms with Crippen LogP contribution in [0.5, 0.6) is 0 Å². The molecule has 0 spiro atoms. The smallest absolute Gasteiger partial charge is 0.125 e. The maximum absolute atomic E-state index is 8.88. The molecule has 0 aromatic carbocycles. The van der Waals surface area contributed by atoms with Crippen LogP contribution in [-0.2, 0) is 16.9 Å². The predicted octanol–water partition coefficient (Wildman–Crippen LogP) is 1.66. The molecule has 1 atom stereocenters. The second-order valence-corrected chi connectivity index (χ2v) is 4.34. The Hall–Kier alpha value is -0.450. The Balaban J connectivity index is 2.23. The van der Waals surface area contributed by atoms with Gasteiger partial charge in [0.1, 0.15) is 10.6 Å². The summed E-state index contributed by atoms with van der Waals surface area (Å²) < 4.78 is 5.65. The van der Waals surface area contributed by atoms with E-state index >= 15 is 0 Å². The number of nitrogens with zero attached hydrogens (tertiary/aromatic N) is 1. The molecular weight excluding hydrogens is 186 g/mol. The fourth-order valence-electron chi connectivity index (χ4n) is 1.57. The van der Waals surface area contributed by atoms with Crippen LogP contribution in [0.25, 0.3) is 0 Å². The number of hydrogen-bond donors (Lipinski definition) is 1. The minimum absolute atomic E-state index is 0.0204. The largest absolute Gasteiger partial charge is 0.390 e. The molecule has 0 radical (unpaired) electrons. The van der Waals surface area contributed by atoms with Crippen molar-refractivity contribution in [3.8, 4) is 0 Å². The molecule has 1 N–H and O–H groups in total. The minimum Gasteiger partial charge on any atom is -0.390 e. The highest BCUT2D eigenvalue weighted by Crippen LogP contribution is 2.36. The third kappa shape index (κ3) is 1.61. The highest BCUT2D eigenvalue weighted by atomic mass is 32.1. The normalized spacial score (nSPS) is 28.2. The molecule has 3 nitrogen and oxygen atoms in total. The molecule has 1 aromatic rings. The van der Waals surface area contributed by atoms with E-state index in [9.17, 15) is 0 Å². The van der Waals surface area contributed by atoms with Gasteiger partial charge in [0.05, 0.1) is 12.3 Å². The third-order valence-electron chi connectivity index (χ3n) is 2.38. The zero-order valence-electron chi connectivity index (χ0n) is 7.62. The average Bonchev–Trinajstić information content (AvgIpc) is 2.72. The molecule has 1 fully saturated rings. The molecule has 0 bridgehead atoms. The Labute approximate surface area is 81.4 Å². The standard InChI is InChI=1S/C9H13NO2S/c1-9(3-2-4-12-9)8-10-7(5-11)6-13-8/h6,11H,2-5H2,1H3. The number of aliphatic hydroxyl groups is 1. The Kier molecular flexibility index (Phi) is 2.36. The number of hydrogen-bond acceptors (Lipinski definition) is 4. The predicted molar refractivity (Wildman–Crippen MR) is 50.6 cm³/mol. The zero-order chi connectivity index (χ0) is 9.31. The van der Waals surface area contributed by atoms with Gasteiger partial charge >= 0.3 is 0 Å². The lowest BCUT2D eigenvalue weighted by Gasteiger charge is -2.19. The van der Waals surface area contributed by atoms with Crippen molar-refractivity contribution in [2.75, 3.05) is 6.61 Å². The Morgan fingerprint density at radius 2 is 2.62 bits per heavy atom. The maximum Gasteiger partial charge on any atom is 0.125 e. The Morgan fingerprint density at radius 1 is 1.77 bits per heavy atom. The molecule has 1 aliphatic rings. The fourth-order valence-corrected chi connectivity index (χ4v) is 2.53. The maximum atomic E-state index is 8.88. The number of aromatic nitrogens is 1. The number of ether oxygens (including phenoxy) is 1. The SMILES string of the molecule is CC1(c2nc(CO)cs2)CCCO1. The lowest BCUT2D eigenvalue weighted by Crippen LogP contribution is -2.19. The van der Waals surface area contributed by atoms with Gasteiger partial charge in [0.2, 0.25) is 0 Å². The van der Waals surface area contributed by atoms with Gasteiger partial charge in [-0.05, 0) is 19.8 Å². The van der Waals surface area contributed by atoms with E-state index in [1.54, 1.807) is 11.3 Å². The van der Waals surface area contributed by atoms with Gasteiger partial charge in [-0.2, -0.15) is 0 Å². The van der Waals surface area contributed by atoms with Crippen LogP contribution in [0.1, 0.15) is 30.5 Å². The highest BCUT2D eigenvalue weighted by Gasteiger charge is 2.34. The molecule has 1 aromatic heterocycles. The van der Waals surface area contributed by atoms with Crippen molar-refractivity contribution in [1.82, 2.24) is 4.98 Å². The number of thiazole rings is 1. The summed E-state index contributed by atoms with van der Waals surface area (Å²) in [4.78, 5) is 4.33. The summed E-state index contributed by atoms with van der Waals surface area (Å²) in [5, 5.41) is 11.8. The van der Waals surface area contributed by atoms with Crippen molar-refractivity contribution in [2.45, 2.75) is 32.0 Å². The van der Waals surface area contributed by atoms with Crippen molar-refractivity contribution in [3.63, 3.8) is 0 Å². The molecule has 0 amide bonds. The van der Waals surface area contributed by atoms with Gasteiger partial charge < -0.3 is 9.84 Å². The monoisotopic (exact) mass is 199 g/mol. The lowest BCUT2D eigenvalue weighted by molar-refractivity contribution is 0.0164. The van der Waals surface area contributed by atoms with Crippen LogP contribution in [0.3, 0.4) is 0 Å². The molecule has 2 rings (SSSR count). The number of aliphatic hydroxyl groups excluding tert-OH is 1. The van der Waals surface area contributed by atoms with Crippen molar-refractivity contribution < 1.29 is 9.84 Å². The molecule has 13 heavy (non-hydrogen) atoms. The first-order chi connectivity index (χ1) is 6.24. The molecular formula is C9H13NO2S. The second-order valence-electron chi connectivity index (χ2n) is 3.48. The van der Waals surface area contributed by atoms with Gasteiger partial charge in [0, 0.05) is 12.0 Å². The van der Waals surface area contributed by atoms with E-state index in [4.69, 9.17) is 9.84 Å². The number of rotatable bonds is 2. The highest BCUT2D eigenvalue weighted by molar-refractivity contribution is 7.09. The van der Waals surface area contributed by atoms with E-state index in [1.807, 2.05) is 5.38 Å². The van der Waals surface area contributed by atoms with E-state index in [-0.39, 0.29) is 12.2 Å². The summed E-state index contributed by atoms with van der Waals surface area (Å²) in [5.41, 5.74) is 0.551. The molecule has 1 aliphatic heterocycles. The van der Waals surface area contributed by atoms with Crippen LogP contribution in [-0.4, -0.2) is 16.7 Å². The molecule has 1 saturated heterocycles. The molecule has 4 heteroatoms. The van der Waals surface area contributed by atoms with E-state index < -0.39 is 0 Å². The minimum atomic E-state index is -0.196. The van der Waals surface area contributed by atoms with Crippen LogP contribution >= 0.6 is 11.3 Å². The van der Waals surface area contributed by atoms with Gasteiger partial charge in [-0.1, -0.05) is 0 Å². The van der Waals surface area contributed by atoms with Crippen molar-refractivity contribution in [1.29, 1.82) is 0 Å². The summed E-state index contributed by atoms with van der Waals surface area (Å²) in [6, 6.07) is 0. The van der Waals surface area contributed by atoms with Crippen LogP contribution < -0.4 is 0 Å². The fraction of sp³-hybridized carbons (Fsp3) is 0.667. The summed E-state index contributed by atoms with van der Waals surface area (Å²) >= 11 is 1.57. The second kappa shape index (κ2) is 3.36. The van der Waals surface area contributed by atoms with Gasteiger partial charge in [0.25, 0.3) is 0 Å². The first-order valence-corrected chi connectivity index (χ1v) is 5.32. The van der Waals surface area contributed by atoms with E-state index in [0.717, 1.165) is 30.2 Å². The Bertz CT molecular complexity index is 292. The topological polar surface area (TPSA) is 42.4 Å².